The lowest BCUT2D eigenvalue weighted by atomic mass is 9.89. The Morgan fingerprint density at radius 2 is 2.33 bits per heavy atom. The number of nitrogens with two attached hydrogens (primary N) is 1. The molecule has 0 bridgehead atoms. The van der Waals surface area contributed by atoms with Crippen LogP contribution in [0.3, 0.4) is 0 Å². The van der Waals surface area contributed by atoms with Crippen LogP contribution in [0.15, 0.2) is 33.9 Å². The zero-order valence-corrected chi connectivity index (χ0v) is 21.1. The van der Waals surface area contributed by atoms with E-state index in [-0.39, 0.29) is 52.0 Å². The number of aromatic nitrogens is 4. The third-order valence-corrected chi connectivity index (χ3v) is 9.48. The second-order valence-corrected chi connectivity index (χ2v) is 11.5. The number of carbonyl (C=O) groups is 3. The Balaban J connectivity index is 1.26. The molecule has 2 aromatic heterocycles. The number of allylic oxidation sites excluding steroid dienone is 1. The van der Waals surface area contributed by atoms with Gasteiger partial charge in [0.2, 0.25) is 5.91 Å². The van der Waals surface area contributed by atoms with E-state index in [0.29, 0.717) is 5.03 Å². The normalized spacial score (nSPS) is 27.4. The number of nitrogen functional groups attached to an aromatic ring is 1. The average Bonchev–Trinajstić information content (AvgIpc) is 3.65. The number of thioether (sulfide) groups is 2. The van der Waals surface area contributed by atoms with Crippen LogP contribution >= 0.6 is 34.9 Å². The summed E-state index contributed by atoms with van der Waals surface area (Å²) >= 11 is 3.77. The van der Waals surface area contributed by atoms with Crippen molar-refractivity contribution in [2.75, 3.05) is 23.8 Å². The summed E-state index contributed by atoms with van der Waals surface area (Å²) in [6.45, 7) is 0.0421. The lowest BCUT2D eigenvalue weighted by Gasteiger charge is -2.53. The molecule has 4 atom stereocenters. The molecule has 2 saturated heterocycles. The number of fused-ring (bicyclic) bond motifs is 1. The van der Waals surface area contributed by atoms with E-state index < -0.39 is 23.3 Å². The topological polar surface area (TPSA) is 189 Å². The van der Waals surface area contributed by atoms with Gasteiger partial charge in [0.05, 0.1) is 6.20 Å². The van der Waals surface area contributed by atoms with Gasteiger partial charge in [-0.1, -0.05) is 16.4 Å². The maximum absolute atomic E-state index is 13.1. The Hall–Kier alpha value is -3.11. The number of rotatable bonds is 9. The van der Waals surface area contributed by atoms with Gasteiger partial charge in [-0.3, -0.25) is 19.5 Å². The summed E-state index contributed by atoms with van der Waals surface area (Å²) in [6.07, 6.45) is 6.75. The zero-order valence-electron chi connectivity index (χ0n) is 18.7. The van der Waals surface area contributed by atoms with Crippen LogP contribution in [-0.4, -0.2) is 89.5 Å². The molecule has 3 unspecified atom stereocenters. The first kappa shape index (κ1) is 24.6. The van der Waals surface area contributed by atoms with Crippen molar-refractivity contribution >= 4 is 63.5 Å². The number of amides is 2. The van der Waals surface area contributed by atoms with E-state index in [1.807, 2.05) is 12.2 Å². The molecule has 0 radical (unpaired) electrons. The minimum atomic E-state index is -1.14. The second kappa shape index (κ2) is 10.1. The van der Waals surface area contributed by atoms with E-state index in [0.717, 1.165) is 24.2 Å². The number of nitrogens with zero attached hydrogens (tertiary/aromatic N) is 5. The van der Waals surface area contributed by atoms with Crippen LogP contribution in [0.1, 0.15) is 18.5 Å². The van der Waals surface area contributed by atoms with Crippen LogP contribution in [0.5, 0.6) is 0 Å². The van der Waals surface area contributed by atoms with Crippen LogP contribution in [0.2, 0.25) is 0 Å². The molecule has 2 aliphatic heterocycles. The standard InChI is InChI=1S/C20H22N8O5S3/c21-19-23-11(6-34-19)13(26-33-10-3-1-2-4-10)15(29)24-14-16(30)28-7-20(18(31)32,9-36-17(14)28)8-35-12-5-22-27-25-12/h1,3,5-6,10,14,17H,2,4,7-9H2,(H2,21,23)(H,24,29)(H,31,32)(H,22,25,27)/t10?,14?,17-,20?/m1/s1. The molecule has 36 heavy (non-hydrogen) atoms. The van der Waals surface area contributed by atoms with E-state index in [2.05, 4.69) is 30.9 Å². The fourth-order valence-electron chi connectivity index (χ4n) is 4.00. The number of nitrogens with one attached hydrogen (secondary N) is 2. The molecule has 0 saturated carbocycles. The second-order valence-electron chi connectivity index (χ2n) is 8.47. The summed E-state index contributed by atoms with van der Waals surface area (Å²) in [5.41, 5.74) is 4.78. The lowest BCUT2D eigenvalue weighted by molar-refractivity contribution is -0.157. The van der Waals surface area contributed by atoms with Gasteiger partial charge in [-0.05, 0) is 18.9 Å². The van der Waals surface area contributed by atoms with Crippen molar-refractivity contribution in [3.05, 3.63) is 29.4 Å². The van der Waals surface area contributed by atoms with Crippen molar-refractivity contribution in [3.63, 3.8) is 0 Å². The molecule has 0 spiro atoms. The van der Waals surface area contributed by atoms with Crippen molar-refractivity contribution in [2.24, 2.45) is 10.6 Å². The number of hydrogen-bond acceptors (Lipinski definition) is 12. The van der Waals surface area contributed by atoms with Crippen LogP contribution in [0.25, 0.3) is 0 Å². The molecule has 3 aliphatic rings. The Bertz CT molecular complexity index is 1220. The fourth-order valence-corrected chi connectivity index (χ4v) is 7.20. The Morgan fingerprint density at radius 1 is 1.47 bits per heavy atom. The number of hydrogen-bond donors (Lipinski definition) is 4. The summed E-state index contributed by atoms with van der Waals surface area (Å²) in [7, 11) is 0. The van der Waals surface area contributed by atoms with Gasteiger partial charge >= 0.3 is 5.97 Å². The van der Waals surface area contributed by atoms with Crippen molar-refractivity contribution in [1.29, 1.82) is 0 Å². The number of oxime groups is 1. The van der Waals surface area contributed by atoms with E-state index in [1.54, 1.807) is 5.38 Å². The minimum Gasteiger partial charge on any atom is -0.481 e. The van der Waals surface area contributed by atoms with Gasteiger partial charge < -0.3 is 25.9 Å². The van der Waals surface area contributed by atoms with Crippen LogP contribution in [-0.2, 0) is 19.2 Å². The number of β-lactam (4-membered cyclic amide) rings is 1. The molecule has 2 aromatic rings. The SMILES string of the molecule is Nc1nc(C(=NOC2C=CCC2)C(=O)NC2C(=O)N3CC(CSc4cnn[nH]4)(C(=O)O)CS[C@H]23)cs1. The van der Waals surface area contributed by atoms with Gasteiger partial charge in [0.25, 0.3) is 5.91 Å². The number of carboxylic acid groups (broad SMARTS) is 1. The number of aromatic amines is 1. The predicted molar refractivity (Wildman–Crippen MR) is 133 cm³/mol. The number of anilines is 1. The molecule has 0 aromatic carbocycles. The summed E-state index contributed by atoms with van der Waals surface area (Å²) in [5, 5.41) is 28.9. The van der Waals surface area contributed by atoms with Gasteiger partial charge in [-0.15, -0.1) is 40.0 Å². The maximum Gasteiger partial charge on any atom is 0.313 e. The molecule has 5 rings (SSSR count). The molecule has 5 N–H and O–H groups in total. The van der Waals surface area contributed by atoms with Gasteiger partial charge in [-0.25, -0.2) is 4.98 Å². The highest BCUT2D eigenvalue weighted by atomic mass is 32.2. The quantitative estimate of drug-likeness (QED) is 0.112. The number of H-pyrrole nitrogens is 1. The molecular weight excluding hydrogens is 528 g/mol. The molecule has 2 fully saturated rings. The molecule has 16 heteroatoms. The summed E-state index contributed by atoms with van der Waals surface area (Å²) < 4.78 is 0. The van der Waals surface area contributed by atoms with Crippen molar-refractivity contribution in [1.82, 2.24) is 30.6 Å². The molecule has 4 heterocycles. The van der Waals surface area contributed by atoms with Gasteiger partial charge in [0, 0.05) is 23.4 Å². The Labute approximate surface area is 217 Å². The summed E-state index contributed by atoms with van der Waals surface area (Å²) in [4.78, 5) is 49.4. The zero-order chi connectivity index (χ0) is 25.3. The van der Waals surface area contributed by atoms with E-state index in [9.17, 15) is 19.5 Å². The number of thiazole rings is 1. The highest BCUT2D eigenvalue weighted by Gasteiger charge is 2.57. The molecular formula is C20H22N8O5S3. The number of aliphatic carboxylic acids is 1. The summed E-state index contributed by atoms with van der Waals surface area (Å²) in [5.74, 6) is -1.43. The smallest absolute Gasteiger partial charge is 0.313 e. The predicted octanol–water partition coefficient (Wildman–Crippen LogP) is 0.546. The maximum atomic E-state index is 13.1. The van der Waals surface area contributed by atoms with Crippen molar-refractivity contribution in [2.45, 2.75) is 35.4 Å². The molecule has 1 aliphatic carbocycles. The molecule has 13 nitrogen and oxygen atoms in total. The number of carboxylic acids is 1. The van der Waals surface area contributed by atoms with Gasteiger partial charge in [-0.2, -0.15) is 0 Å². The third kappa shape index (κ3) is 4.79. The van der Waals surface area contributed by atoms with Gasteiger partial charge in [0.1, 0.15) is 33.7 Å². The largest absolute Gasteiger partial charge is 0.481 e. The van der Waals surface area contributed by atoms with Crippen molar-refractivity contribution < 1.29 is 24.3 Å². The van der Waals surface area contributed by atoms with E-state index >= 15 is 0 Å². The first-order valence-electron chi connectivity index (χ1n) is 10.9. The lowest BCUT2D eigenvalue weighted by Crippen LogP contribution is -2.74. The Morgan fingerprint density at radius 3 is 3.00 bits per heavy atom. The fraction of sp³-hybridized carbons (Fsp3) is 0.450. The first-order chi connectivity index (χ1) is 17.4. The Kier molecular flexibility index (Phi) is 6.90. The van der Waals surface area contributed by atoms with Crippen LogP contribution in [0, 0.1) is 5.41 Å². The summed E-state index contributed by atoms with van der Waals surface area (Å²) in [6, 6.07) is -0.814. The molecule has 2 amide bonds. The van der Waals surface area contributed by atoms with Crippen molar-refractivity contribution in [3.8, 4) is 0 Å². The van der Waals surface area contributed by atoms with Gasteiger partial charge in [0.15, 0.2) is 10.8 Å². The number of carbonyl (C=O) groups excluding carboxylic acids is 2. The minimum absolute atomic E-state index is 0.0421. The van der Waals surface area contributed by atoms with Crippen LogP contribution in [0.4, 0.5) is 5.13 Å². The molecule has 190 valence electrons. The first-order valence-corrected chi connectivity index (χ1v) is 13.8. The average molecular weight is 551 g/mol. The third-order valence-electron chi connectivity index (χ3n) is 6.01. The van der Waals surface area contributed by atoms with E-state index in [1.165, 1.54) is 34.6 Å². The monoisotopic (exact) mass is 550 g/mol. The van der Waals surface area contributed by atoms with E-state index in [4.69, 9.17) is 10.6 Å². The highest BCUT2D eigenvalue weighted by Crippen LogP contribution is 2.44. The van der Waals surface area contributed by atoms with Crippen LogP contribution < -0.4 is 11.1 Å². The highest BCUT2D eigenvalue weighted by molar-refractivity contribution is 8.00.